The SMILES string of the molecule is COc1cccc(CNC(=O)CN2C(=O)c3ccccc3[C@@H]2c2cn(C)c3ccccc23)c1. The average Bonchev–Trinajstić information content (AvgIpc) is 3.32. The van der Waals surface area contributed by atoms with E-state index >= 15 is 0 Å². The highest BCUT2D eigenvalue weighted by Gasteiger charge is 2.39. The molecule has 0 radical (unpaired) electrons. The summed E-state index contributed by atoms with van der Waals surface area (Å²) in [6, 6.07) is 23.0. The van der Waals surface area contributed by atoms with Gasteiger partial charge in [0.1, 0.15) is 12.3 Å². The van der Waals surface area contributed by atoms with Gasteiger partial charge in [-0.3, -0.25) is 9.59 Å². The molecule has 166 valence electrons. The summed E-state index contributed by atoms with van der Waals surface area (Å²) in [4.78, 5) is 27.9. The Bertz CT molecular complexity index is 1360. The fraction of sp³-hybridized carbons (Fsp3) is 0.185. The Morgan fingerprint density at radius 3 is 2.64 bits per heavy atom. The number of hydrogen-bond donors (Lipinski definition) is 1. The molecule has 0 unspecified atom stereocenters. The van der Waals surface area contributed by atoms with E-state index in [2.05, 4.69) is 28.2 Å². The van der Waals surface area contributed by atoms with Gasteiger partial charge >= 0.3 is 0 Å². The minimum atomic E-state index is -0.317. The van der Waals surface area contributed by atoms with E-state index in [0.717, 1.165) is 33.3 Å². The van der Waals surface area contributed by atoms with Crippen LogP contribution in [0.2, 0.25) is 0 Å². The van der Waals surface area contributed by atoms with Crippen LogP contribution in [0.1, 0.15) is 33.1 Å². The summed E-state index contributed by atoms with van der Waals surface area (Å²) in [6.07, 6.45) is 2.06. The molecule has 0 saturated carbocycles. The van der Waals surface area contributed by atoms with Crippen LogP contribution in [0.5, 0.6) is 5.75 Å². The second-order valence-corrected chi connectivity index (χ2v) is 8.26. The first-order valence-electron chi connectivity index (χ1n) is 10.9. The zero-order valence-corrected chi connectivity index (χ0v) is 18.6. The normalized spacial score (nSPS) is 15.0. The summed E-state index contributed by atoms with van der Waals surface area (Å²) in [5, 5.41) is 4.03. The van der Waals surface area contributed by atoms with Crippen molar-refractivity contribution in [3.8, 4) is 5.75 Å². The first-order valence-corrected chi connectivity index (χ1v) is 10.9. The van der Waals surface area contributed by atoms with E-state index in [0.29, 0.717) is 12.1 Å². The van der Waals surface area contributed by atoms with Gasteiger partial charge in [0.25, 0.3) is 5.91 Å². The molecule has 5 rings (SSSR count). The molecule has 3 aromatic carbocycles. The monoisotopic (exact) mass is 439 g/mol. The predicted molar refractivity (Wildman–Crippen MR) is 127 cm³/mol. The fourth-order valence-corrected chi connectivity index (χ4v) is 4.65. The number of benzene rings is 3. The van der Waals surface area contributed by atoms with E-state index in [1.165, 1.54) is 0 Å². The van der Waals surface area contributed by atoms with Gasteiger partial charge in [-0.25, -0.2) is 0 Å². The minimum Gasteiger partial charge on any atom is -0.497 e. The van der Waals surface area contributed by atoms with Gasteiger partial charge < -0.3 is 19.5 Å². The van der Waals surface area contributed by atoms with Crippen LogP contribution >= 0.6 is 0 Å². The minimum absolute atomic E-state index is 0.0225. The number of aryl methyl sites for hydroxylation is 1. The number of amides is 2. The number of ether oxygens (including phenoxy) is 1. The number of methoxy groups -OCH3 is 1. The van der Waals surface area contributed by atoms with Crippen molar-refractivity contribution < 1.29 is 14.3 Å². The molecule has 6 heteroatoms. The lowest BCUT2D eigenvalue weighted by molar-refractivity contribution is -0.122. The first-order chi connectivity index (χ1) is 16.1. The maximum Gasteiger partial charge on any atom is 0.255 e. The molecule has 0 fully saturated rings. The molecule has 4 aromatic rings. The van der Waals surface area contributed by atoms with Crippen LogP contribution in [0.15, 0.2) is 79.0 Å². The molecule has 2 amide bonds. The number of para-hydroxylation sites is 1. The largest absolute Gasteiger partial charge is 0.497 e. The summed E-state index contributed by atoms with van der Waals surface area (Å²) >= 11 is 0. The van der Waals surface area contributed by atoms with Crippen molar-refractivity contribution in [1.82, 2.24) is 14.8 Å². The van der Waals surface area contributed by atoms with Crippen LogP contribution in [-0.4, -0.2) is 34.9 Å². The lowest BCUT2D eigenvalue weighted by Gasteiger charge is -2.25. The molecular weight excluding hydrogens is 414 g/mol. The van der Waals surface area contributed by atoms with Gasteiger partial charge in [-0.1, -0.05) is 48.5 Å². The third-order valence-electron chi connectivity index (χ3n) is 6.22. The van der Waals surface area contributed by atoms with Crippen molar-refractivity contribution in [1.29, 1.82) is 0 Å². The van der Waals surface area contributed by atoms with Crippen molar-refractivity contribution in [2.24, 2.45) is 7.05 Å². The van der Waals surface area contributed by atoms with Crippen LogP contribution in [0.3, 0.4) is 0 Å². The second kappa shape index (κ2) is 8.47. The first kappa shape index (κ1) is 20.8. The third-order valence-corrected chi connectivity index (χ3v) is 6.22. The number of rotatable bonds is 6. The summed E-state index contributed by atoms with van der Waals surface area (Å²) in [5.74, 6) is 0.409. The van der Waals surface area contributed by atoms with Gasteiger partial charge in [0, 0.05) is 41.8 Å². The van der Waals surface area contributed by atoms with Gasteiger partial charge in [-0.2, -0.15) is 0 Å². The number of carbonyl (C=O) groups excluding carboxylic acids is 2. The van der Waals surface area contributed by atoms with Crippen molar-refractivity contribution >= 4 is 22.7 Å². The quantitative estimate of drug-likeness (QED) is 0.493. The van der Waals surface area contributed by atoms with E-state index in [-0.39, 0.29) is 24.4 Å². The van der Waals surface area contributed by atoms with Crippen LogP contribution in [-0.2, 0) is 18.4 Å². The molecule has 2 heterocycles. The molecule has 0 aliphatic carbocycles. The highest BCUT2D eigenvalue weighted by atomic mass is 16.5. The highest BCUT2D eigenvalue weighted by Crippen LogP contribution is 2.41. The molecular formula is C27H25N3O3. The standard InChI is InChI=1S/C27H25N3O3/c1-29-16-23(20-10-5-6-13-24(20)29)26-21-11-3-4-12-22(21)27(32)30(26)17-25(31)28-15-18-8-7-9-19(14-18)33-2/h3-14,16,26H,15,17H2,1-2H3,(H,28,31)/t26-/m1/s1. The number of carbonyl (C=O) groups is 2. The predicted octanol–water partition coefficient (Wildman–Crippen LogP) is 4.05. The Labute approximate surface area is 192 Å². The summed E-state index contributed by atoms with van der Waals surface area (Å²) in [7, 11) is 3.61. The number of hydrogen-bond acceptors (Lipinski definition) is 3. The smallest absolute Gasteiger partial charge is 0.255 e. The molecule has 1 aliphatic rings. The summed E-state index contributed by atoms with van der Waals surface area (Å²) in [6.45, 7) is 0.343. The number of aromatic nitrogens is 1. The molecule has 6 nitrogen and oxygen atoms in total. The maximum absolute atomic E-state index is 13.3. The third kappa shape index (κ3) is 3.74. The van der Waals surface area contributed by atoms with Crippen molar-refractivity contribution in [3.63, 3.8) is 0 Å². The number of nitrogens with zero attached hydrogens (tertiary/aromatic N) is 2. The number of fused-ring (bicyclic) bond motifs is 2. The van der Waals surface area contributed by atoms with Gasteiger partial charge in [0.05, 0.1) is 13.2 Å². The Morgan fingerprint density at radius 1 is 1.00 bits per heavy atom. The van der Waals surface area contributed by atoms with E-state index < -0.39 is 0 Å². The lowest BCUT2D eigenvalue weighted by Crippen LogP contribution is -2.39. The Hall–Kier alpha value is -4.06. The maximum atomic E-state index is 13.3. The Kier molecular flexibility index (Phi) is 5.34. The van der Waals surface area contributed by atoms with Crippen molar-refractivity contribution in [2.45, 2.75) is 12.6 Å². The molecule has 0 saturated heterocycles. The van der Waals surface area contributed by atoms with E-state index in [9.17, 15) is 9.59 Å². The summed E-state index contributed by atoms with van der Waals surface area (Å²) < 4.78 is 7.32. The zero-order valence-electron chi connectivity index (χ0n) is 18.6. The van der Waals surface area contributed by atoms with Crippen LogP contribution in [0, 0.1) is 0 Å². The van der Waals surface area contributed by atoms with Crippen LogP contribution < -0.4 is 10.1 Å². The molecule has 1 atom stereocenters. The molecule has 0 spiro atoms. The van der Waals surface area contributed by atoms with Gasteiger partial charge in [-0.15, -0.1) is 0 Å². The van der Waals surface area contributed by atoms with Crippen molar-refractivity contribution in [3.05, 3.63) is 101 Å². The zero-order chi connectivity index (χ0) is 22.9. The number of nitrogens with one attached hydrogen (secondary N) is 1. The Balaban J connectivity index is 1.44. The fourth-order valence-electron chi connectivity index (χ4n) is 4.65. The van der Waals surface area contributed by atoms with Gasteiger partial charge in [-0.05, 0) is 35.4 Å². The van der Waals surface area contributed by atoms with Crippen molar-refractivity contribution in [2.75, 3.05) is 13.7 Å². The lowest BCUT2D eigenvalue weighted by atomic mass is 9.97. The molecule has 1 N–H and O–H groups in total. The second-order valence-electron chi connectivity index (χ2n) is 8.26. The van der Waals surface area contributed by atoms with E-state index in [1.54, 1.807) is 12.0 Å². The van der Waals surface area contributed by atoms with Gasteiger partial charge in [0.2, 0.25) is 5.91 Å². The highest BCUT2D eigenvalue weighted by molar-refractivity contribution is 6.02. The molecule has 1 aliphatic heterocycles. The van der Waals surface area contributed by atoms with Crippen LogP contribution in [0.25, 0.3) is 10.9 Å². The average molecular weight is 440 g/mol. The molecule has 1 aromatic heterocycles. The van der Waals surface area contributed by atoms with E-state index in [1.807, 2.05) is 67.7 Å². The Morgan fingerprint density at radius 2 is 1.79 bits per heavy atom. The van der Waals surface area contributed by atoms with Crippen LogP contribution in [0.4, 0.5) is 0 Å². The summed E-state index contributed by atoms with van der Waals surface area (Å²) in [5.41, 5.74) is 4.62. The topological polar surface area (TPSA) is 63.6 Å². The molecule has 33 heavy (non-hydrogen) atoms. The van der Waals surface area contributed by atoms with E-state index in [4.69, 9.17) is 4.74 Å². The molecule has 0 bridgehead atoms. The van der Waals surface area contributed by atoms with Gasteiger partial charge in [0.15, 0.2) is 0 Å².